The third-order valence-corrected chi connectivity index (χ3v) is 5.42. The second kappa shape index (κ2) is 9.51. The van der Waals surface area contributed by atoms with E-state index >= 15 is 0 Å². The zero-order valence-corrected chi connectivity index (χ0v) is 16.7. The zero-order valence-electron chi connectivity index (χ0n) is 16.7. The number of aryl methyl sites for hydroxylation is 1. The van der Waals surface area contributed by atoms with Crippen LogP contribution in [0.3, 0.4) is 0 Å². The van der Waals surface area contributed by atoms with Crippen LogP contribution in [0.15, 0.2) is 54.6 Å². The highest BCUT2D eigenvalue weighted by atomic mass is 16.2. The number of likely N-dealkylation sites (tertiary alicyclic amines) is 1. The van der Waals surface area contributed by atoms with Crippen molar-refractivity contribution in [3.05, 3.63) is 65.7 Å². The molecule has 2 aromatic rings. The van der Waals surface area contributed by atoms with Crippen molar-refractivity contribution in [2.75, 3.05) is 18.4 Å². The van der Waals surface area contributed by atoms with E-state index in [1.807, 2.05) is 68.4 Å². The molecule has 5 heteroatoms. The lowest BCUT2D eigenvalue weighted by Gasteiger charge is -2.34. The average molecular weight is 380 g/mol. The molecule has 1 atom stereocenters. The molecule has 0 bridgehead atoms. The summed E-state index contributed by atoms with van der Waals surface area (Å²) in [5.74, 6) is 0.130. The molecule has 1 heterocycles. The summed E-state index contributed by atoms with van der Waals surface area (Å²) in [7, 11) is 0. The number of hydrogen-bond acceptors (Lipinski definition) is 3. The van der Waals surface area contributed by atoms with Crippen molar-refractivity contribution in [3.8, 4) is 0 Å². The van der Waals surface area contributed by atoms with Crippen LogP contribution >= 0.6 is 0 Å². The van der Waals surface area contributed by atoms with Gasteiger partial charge >= 0.3 is 0 Å². The molecule has 1 fully saturated rings. The van der Waals surface area contributed by atoms with Crippen LogP contribution in [0.2, 0.25) is 0 Å². The highest BCUT2D eigenvalue weighted by Gasteiger charge is 2.29. The Hall–Kier alpha value is -2.66. The third-order valence-electron chi connectivity index (χ3n) is 5.42. The molecule has 148 valence electrons. The largest absolute Gasteiger partial charge is 0.352 e. The molecule has 0 aliphatic carbocycles. The number of hydrogen-bond donors (Lipinski definition) is 2. The van der Waals surface area contributed by atoms with Gasteiger partial charge in [0.1, 0.15) is 0 Å². The second-order valence-electron chi connectivity index (χ2n) is 7.55. The molecule has 2 aromatic carbocycles. The summed E-state index contributed by atoms with van der Waals surface area (Å²) in [6.45, 7) is 6.01. The van der Waals surface area contributed by atoms with Crippen molar-refractivity contribution in [3.63, 3.8) is 0 Å². The van der Waals surface area contributed by atoms with E-state index in [1.54, 1.807) is 0 Å². The maximum absolute atomic E-state index is 12.6. The smallest absolute Gasteiger partial charge is 0.241 e. The van der Waals surface area contributed by atoms with E-state index < -0.39 is 0 Å². The fourth-order valence-corrected chi connectivity index (χ4v) is 3.61. The first-order valence-corrected chi connectivity index (χ1v) is 9.96. The van der Waals surface area contributed by atoms with Crippen molar-refractivity contribution >= 4 is 17.5 Å². The second-order valence-corrected chi connectivity index (χ2v) is 7.55. The maximum atomic E-state index is 12.6. The molecular weight excluding hydrogens is 350 g/mol. The summed E-state index contributed by atoms with van der Waals surface area (Å²) in [4.78, 5) is 27.2. The van der Waals surface area contributed by atoms with E-state index in [-0.39, 0.29) is 23.8 Å². The van der Waals surface area contributed by atoms with Crippen LogP contribution in [0.5, 0.6) is 0 Å². The molecule has 28 heavy (non-hydrogen) atoms. The van der Waals surface area contributed by atoms with Crippen LogP contribution in [0, 0.1) is 12.8 Å². The molecule has 3 rings (SSSR count). The van der Waals surface area contributed by atoms with Gasteiger partial charge in [-0.25, -0.2) is 0 Å². The number of benzene rings is 2. The number of nitrogens with zero attached hydrogens (tertiary/aromatic N) is 1. The van der Waals surface area contributed by atoms with Gasteiger partial charge in [-0.05, 0) is 63.0 Å². The Labute approximate surface area is 167 Å². The molecule has 0 aromatic heterocycles. The summed E-state index contributed by atoms with van der Waals surface area (Å²) in [6, 6.07) is 17.5. The van der Waals surface area contributed by atoms with E-state index in [2.05, 4.69) is 15.5 Å². The normalized spacial score (nSPS) is 16.4. The number of amides is 2. The number of carbonyl (C=O) groups excluding carboxylic acids is 2. The minimum absolute atomic E-state index is 0.00224. The number of carbonyl (C=O) groups is 2. The van der Waals surface area contributed by atoms with Gasteiger partial charge in [0, 0.05) is 18.2 Å². The van der Waals surface area contributed by atoms with Gasteiger partial charge < -0.3 is 10.6 Å². The van der Waals surface area contributed by atoms with Gasteiger partial charge in [-0.3, -0.25) is 14.5 Å². The lowest BCUT2D eigenvalue weighted by molar-refractivity contribution is -0.127. The van der Waals surface area contributed by atoms with E-state index in [9.17, 15) is 9.59 Å². The summed E-state index contributed by atoms with van der Waals surface area (Å²) in [5.41, 5.74) is 3.05. The highest BCUT2D eigenvalue weighted by molar-refractivity contribution is 5.94. The molecule has 0 unspecified atom stereocenters. The maximum Gasteiger partial charge on any atom is 0.241 e. The first-order chi connectivity index (χ1) is 13.5. The molecule has 1 aliphatic rings. The lowest BCUT2D eigenvalue weighted by atomic mass is 9.94. The summed E-state index contributed by atoms with van der Waals surface area (Å²) < 4.78 is 0. The molecule has 5 nitrogen and oxygen atoms in total. The van der Waals surface area contributed by atoms with Gasteiger partial charge in [0.25, 0.3) is 0 Å². The number of rotatable bonds is 6. The van der Waals surface area contributed by atoms with Crippen LogP contribution in [0.4, 0.5) is 5.69 Å². The molecule has 2 amide bonds. The Kier molecular flexibility index (Phi) is 6.82. The summed E-state index contributed by atoms with van der Waals surface area (Å²) in [6.07, 6.45) is 1.56. The number of anilines is 1. The predicted octanol–water partition coefficient (Wildman–Crippen LogP) is 3.35. The first kappa shape index (κ1) is 20.1. The van der Waals surface area contributed by atoms with Crippen LogP contribution in [0.1, 0.15) is 30.9 Å². The topological polar surface area (TPSA) is 61.4 Å². The molecule has 0 radical (unpaired) electrons. The van der Waals surface area contributed by atoms with Crippen molar-refractivity contribution < 1.29 is 9.59 Å². The minimum Gasteiger partial charge on any atom is -0.352 e. The highest BCUT2D eigenvalue weighted by Crippen LogP contribution is 2.20. The number of piperidine rings is 1. The van der Waals surface area contributed by atoms with Crippen molar-refractivity contribution in [2.24, 2.45) is 5.92 Å². The van der Waals surface area contributed by atoms with E-state index in [4.69, 9.17) is 0 Å². The van der Waals surface area contributed by atoms with E-state index in [0.29, 0.717) is 6.54 Å². The van der Waals surface area contributed by atoms with Crippen molar-refractivity contribution in [1.82, 2.24) is 10.2 Å². The van der Waals surface area contributed by atoms with Gasteiger partial charge in [0.05, 0.1) is 6.04 Å². The van der Waals surface area contributed by atoms with Gasteiger partial charge in [-0.2, -0.15) is 0 Å². The molecule has 1 aliphatic heterocycles. The van der Waals surface area contributed by atoms with Gasteiger partial charge in [0.2, 0.25) is 11.8 Å². The Morgan fingerprint density at radius 3 is 2.46 bits per heavy atom. The summed E-state index contributed by atoms with van der Waals surface area (Å²) in [5, 5.41) is 6.03. The fourth-order valence-electron chi connectivity index (χ4n) is 3.61. The van der Waals surface area contributed by atoms with Gasteiger partial charge in [0.15, 0.2) is 0 Å². The Bertz CT molecular complexity index is 799. The summed E-state index contributed by atoms with van der Waals surface area (Å²) >= 11 is 0. The zero-order chi connectivity index (χ0) is 19.9. The molecule has 1 saturated heterocycles. The van der Waals surface area contributed by atoms with Crippen molar-refractivity contribution in [1.29, 1.82) is 0 Å². The van der Waals surface area contributed by atoms with Crippen LogP contribution < -0.4 is 10.6 Å². The minimum atomic E-state index is -0.214. The number of nitrogens with one attached hydrogen (secondary N) is 2. The SMILES string of the molecule is Cc1cccc(NC(=O)[C@H](C)N2CCC(C(=O)NCc3ccccc3)CC2)c1. The fraction of sp³-hybridized carbons (Fsp3) is 0.391. The van der Waals surface area contributed by atoms with Gasteiger partial charge in [-0.1, -0.05) is 42.5 Å². The van der Waals surface area contributed by atoms with Crippen LogP contribution in [-0.2, 0) is 16.1 Å². The Morgan fingerprint density at radius 1 is 1.07 bits per heavy atom. The Balaban J connectivity index is 1.44. The standard InChI is InChI=1S/C23H29N3O2/c1-17-7-6-10-21(15-17)25-22(27)18(2)26-13-11-20(12-14-26)23(28)24-16-19-8-4-3-5-9-19/h3-10,15,18,20H,11-14,16H2,1-2H3,(H,24,28)(H,25,27)/t18-/m0/s1. The quantitative estimate of drug-likeness (QED) is 0.809. The van der Waals surface area contributed by atoms with E-state index in [0.717, 1.165) is 42.7 Å². The molecule has 0 spiro atoms. The average Bonchev–Trinajstić information content (AvgIpc) is 2.72. The lowest BCUT2D eigenvalue weighted by Crippen LogP contribution is -2.48. The predicted molar refractivity (Wildman–Crippen MR) is 112 cm³/mol. The molecule has 0 saturated carbocycles. The van der Waals surface area contributed by atoms with E-state index in [1.165, 1.54) is 0 Å². The van der Waals surface area contributed by atoms with Crippen LogP contribution in [0.25, 0.3) is 0 Å². The van der Waals surface area contributed by atoms with Crippen LogP contribution in [-0.4, -0.2) is 35.8 Å². The monoisotopic (exact) mass is 379 g/mol. The van der Waals surface area contributed by atoms with Crippen molar-refractivity contribution in [2.45, 2.75) is 39.3 Å². The Morgan fingerprint density at radius 2 is 1.79 bits per heavy atom. The molecule has 2 N–H and O–H groups in total. The van der Waals surface area contributed by atoms with Gasteiger partial charge in [-0.15, -0.1) is 0 Å². The third kappa shape index (κ3) is 5.42. The first-order valence-electron chi connectivity index (χ1n) is 9.96. The molecular formula is C23H29N3O2.